The number of thioether (sulfide) groups is 1. The fraction of sp³-hybridized carbons (Fsp3) is 0.185. The van der Waals surface area contributed by atoms with Crippen LogP contribution in [0.1, 0.15) is 29.2 Å². The Labute approximate surface area is 208 Å². The van der Waals surface area contributed by atoms with Gasteiger partial charge in [-0.2, -0.15) is 0 Å². The highest BCUT2D eigenvalue weighted by Crippen LogP contribution is 2.38. The second kappa shape index (κ2) is 10.4. The molecule has 1 aliphatic heterocycles. The van der Waals surface area contributed by atoms with E-state index in [1.165, 1.54) is 4.90 Å². The Morgan fingerprint density at radius 1 is 0.971 bits per heavy atom. The number of aryl methyl sites for hydroxylation is 2. The highest BCUT2D eigenvalue weighted by Gasteiger charge is 2.37. The maximum atomic E-state index is 13.1. The van der Waals surface area contributed by atoms with Gasteiger partial charge in [-0.05, 0) is 74.0 Å². The van der Waals surface area contributed by atoms with Gasteiger partial charge in [-0.1, -0.05) is 53.6 Å². The summed E-state index contributed by atoms with van der Waals surface area (Å²) in [6, 6.07) is 18.6. The Morgan fingerprint density at radius 2 is 1.76 bits per heavy atom. The predicted molar refractivity (Wildman–Crippen MR) is 138 cm³/mol. The van der Waals surface area contributed by atoms with Crippen molar-refractivity contribution in [1.82, 2.24) is 0 Å². The van der Waals surface area contributed by atoms with Gasteiger partial charge in [0, 0.05) is 10.6 Å². The van der Waals surface area contributed by atoms with Gasteiger partial charge in [-0.25, -0.2) is 4.90 Å². The van der Waals surface area contributed by atoms with E-state index in [0.717, 1.165) is 34.0 Å². The largest absolute Gasteiger partial charge is 0.490 e. The molecular formula is C27H24ClNO4S. The molecule has 5 nitrogen and oxygen atoms in total. The standard InChI is InChI=1S/C27H24ClNO4S/c1-4-32-24-14-19(10-12-23(24)33-16-20-7-5-6-8-21(20)28)15-25-26(30)29(27(31)34-25)22-11-9-17(2)13-18(22)3/h5-15H,4,16H2,1-3H3/b25-15-. The first-order chi connectivity index (χ1) is 16.4. The van der Waals surface area contributed by atoms with Gasteiger partial charge in [-0.15, -0.1) is 0 Å². The topological polar surface area (TPSA) is 55.8 Å². The molecule has 0 saturated carbocycles. The summed E-state index contributed by atoms with van der Waals surface area (Å²) in [6.45, 7) is 6.51. The summed E-state index contributed by atoms with van der Waals surface area (Å²) in [7, 11) is 0. The van der Waals surface area contributed by atoms with Gasteiger partial charge in [0.25, 0.3) is 11.1 Å². The van der Waals surface area contributed by atoms with Crippen molar-refractivity contribution in [2.24, 2.45) is 0 Å². The Kier molecular flexibility index (Phi) is 7.29. The summed E-state index contributed by atoms with van der Waals surface area (Å²) in [4.78, 5) is 27.3. The minimum absolute atomic E-state index is 0.299. The quantitative estimate of drug-likeness (QED) is 0.326. The molecule has 0 atom stereocenters. The lowest BCUT2D eigenvalue weighted by atomic mass is 10.1. The van der Waals surface area contributed by atoms with E-state index >= 15 is 0 Å². The summed E-state index contributed by atoms with van der Waals surface area (Å²) in [5, 5.41) is 0.324. The van der Waals surface area contributed by atoms with Crippen LogP contribution in [-0.4, -0.2) is 17.8 Å². The van der Waals surface area contributed by atoms with Crippen molar-refractivity contribution < 1.29 is 19.1 Å². The van der Waals surface area contributed by atoms with Gasteiger partial charge in [0.05, 0.1) is 17.2 Å². The number of halogens is 1. The molecule has 2 amide bonds. The fourth-order valence-electron chi connectivity index (χ4n) is 3.66. The highest BCUT2D eigenvalue weighted by molar-refractivity contribution is 8.19. The van der Waals surface area contributed by atoms with Crippen LogP contribution in [0.4, 0.5) is 10.5 Å². The Hall–Kier alpha value is -3.22. The molecule has 0 spiro atoms. The summed E-state index contributed by atoms with van der Waals surface area (Å²) >= 11 is 7.15. The number of hydrogen-bond acceptors (Lipinski definition) is 5. The lowest BCUT2D eigenvalue weighted by molar-refractivity contribution is -0.113. The average Bonchev–Trinajstić information content (AvgIpc) is 3.07. The van der Waals surface area contributed by atoms with E-state index in [-0.39, 0.29) is 11.1 Å². The zero-order valence-electron chi connectivity index (χ0n) is 19.1. The minimum atomic E-state index is -0.334. The molecule has 174 valence electrons. The van der Waals surface area contributed by atoms with Gasteiger partial charge in [0.1, 0.15) is 6.61 Å². The van der Waals surface area contributed by atoms with Crippen LogP contribution in [0.5, 0.6) is 11.5 Å². The number of rotatable bonds is 7. The zero-order valence-corrected chi connectivity index (χ0v) is 20.7. The molecule has 1 heterocycles. The Bertz CT molecular complexity index is 1290. The molecule has 0 aliphatic carbocycles. The summed E-state index contributed by atoms with van der Waals surface area (Å²) in [5.41, 5.74) is 4.16. The van der Waals surface area contributed by atoms with E-state index in [1.54, 1.807) is 18.2 Å². The molecule has 0 radical (unpaired) electrons. The maximum Gasteiger partial charge on any atom is 0.298 e. The van der Waals surface area contributed by atoms with Crippen LogP contribution in [0.3, 0.4) is 0 Å². The Balaban J connectivity index is 1.57. The first-order valence-corrected chi connectivity index (χ1v) is 12.0. The molecule has 7 heteroatoms. The van der Waals surface area contributed by atoms with Crippen LogP contribution >= 0.6 is 23.4 Å². The maximum absolute atomic E-state index is 13.1. The SMILES string of the molecule is CCOc1cc(/C=C2\SC(=O)N(c3ccc(C)cc3C)C2=O)ccc1OCc1ccccc1Cl. The van der Waals surface area contributed by atoms with Crippen molar-refractivity contribution in [3.05, 3.63) is 92.8 Å². The minimum Gasteiger partial charge on any atom is -0.490 e. The van der Waals surface area contributed by atoms with E-state index < -0.39 is 0 Å². The van der Waals surface area contributed by atoms with Crippen LogP contribution in [-0.2, 0) is 11.4 Å². The van der Waals surface area contributed by atoms with Crippen LogP contribution in [0.25, 0.3) is 6.08 Å². The molecule has 0 bridgehead atoms. The van der Waals surface area contributed by atoms with Crippen molar-refractivity contribution in [3.63, 3.8) is 0 Å². The molecular weight excluding hydrogens is 470 g/mol. The first kappa shape index (κ1) is 23.9. The van der Waals surface area contributed by atoms with Crippen molar-refractivity contribution in [1.29, 1.82) is 0 Å². The van der Waals surface area contributed by atoms with E-state index in [4.69, 9.17) is 21.1 Å². The number of amides is 2. The van der Waals surface area contributed by atoms with Gasteiger partial charge < -0.3 is 9.47 Å². The molecule has 3 aromatic carbocycles. The zero-order chi connectivity index (χ0) is 24.2. The normalized spacial score (nSPS) is 14.7. The number of carbonyl (C=O) groups excluding carboxylic acids is 2. The van der Waals surface area contributed by atoms with E-state index in [0.29, 0.717) is 40.3 Å². The van der Waals surface area contributed by atoms with Gasteiger partial charge in [0.2, 0.25) is 0 Å². The van der Waals surface area contributed by atoms with E-state index in [1.807, 2.05) is 69.3 Å². The number of nitrogens with zero attached hydrogens (tertiary/aromatic N) is 1. The monoisotopic (exact) mass is 493 g/mol. The van der Waals surface area contributed by atoms with Crippen LogP contribution in [0.2, 0.25) is 5.02 Å². The molecule has 0 N–H and O–H groups in total. The summed E-state index contributed by atoms with van der Waals surface area (Å²) in [6.07, 6.45) is 1.70. The van der Waals surface area contributed by atoms with Crippen LogP contribution in [0, 0.1) is 13.8 Å². The summed E-state index contributed by atoms with van der Waals surface area (Å²) in [5.74, 6) is 0.790. The van der Waals surface area contributed by atoms with Crippen molar-refractivity contribution in [2.45, 2.75) is 27.4 Å². The van der Waals surface area contributed by atoms with Gasteiger partial charge in [0.15, 0.2) is 11.5 Å². The number of anilines is 1. The predicted octanol–water partition coefficient (Wildman–Crippen LogP) is 7.18. The molecule has 3 aromatic rings. The molecule has 1 aliphatic rings. The molecule has 1 fully saturated rings. The number of imide groups is 1. The number of benzene rings is 3. The van der Waals surface area contributed by atoms with Gasteiger partial charge >= 0.3 is 0 Å². The Morgan fingerprint density at radius 3 is 2.50 bits per heavy atom. The van der Waals surface area contributed by atoms with Crippen LogP contribution < -0.4 is 14.4 Å². The fourth-order valence-corrected chi connectivity index (χ4v) is 4.68. The van der Waals surface area contributed by atoms with Crippen molar-refractivity contribution in [2.75, 3.05) is 11.5 Å². The van der Waals surface area contributed by atoms with Gasteiger partial charge in [-0.3, -0.25) is 9.59 Å². The molecule has 0 unspecified atom stereocenters. The molecule has 1 saturated heterocycles. The van der Waals surface area contributed by atoms with Crippen molar-refractivity contribution in [3.8, 4) is 11.5 Å². The lowest BCUT2D eigenvalue weighted by Crippen LogP contribution is -2.28. The van der Waals surface area contributed by atoms with Crippen molar-refractivity contribution >= 4 is 46.3 Å². The molecule has 4 rings (SSSR count). The number of ether oxygens (including phenoxy) is 2. The average molecular weight is 494 g/mol. The van der Waals surface area contributed by atoms with E-state index in [9.17, 15) is 9.59 Å². The summed E-state index contributed by atoms with van der Waals surface area (Å²) < 4.78 is 11.7. The van der Waals surface area contributed by atoms with Crippen LogP contribution in [0.15, 0.2) is 65.6 Å². The van der Waals surface area contributed by atoms with E-state index in [2.05, 4.69) is 0 Å². The molecule has 34 heavy (non-hydrogen) atoms. The highest BCUT2D eigenvalue weighted by atomic mass is 35.5. The number of hydrogen-bond donors (Lipinski definition) is 0. The number of carbonyl (C=O) groups is 2. The molecule has 0 aromatic heterocycles. The smallest absolute Gasteiger partial charge is 0.298 e. The lowest BCUT2D eigenvalue weighted by Gasteiger charge is -2.15. The third-order valence-electron chi connectivity index (χ3n) is 5.29. The third-order valence-corrected chi connectivity index (χ3v) is 6.53. The first-order valence-electron chi connectivity index (χ1n) is 10.9. The second-order valence-electron chi connectivity index (χ2n) is 7.83. The second-order valence-corrected chi connectivity index (χ2v) is 9.23. The third kappa shape index (κ3) is 5.13.